The molecule has 3 nitrogen and oxygen atoms in total. The van der Waals surface area contributed by atoms with E-state index in [4.69, 9.17) is 4.74 Å². The fourth-order valence-corrected chi connectivity index (χ4v) is 1.82. The predicted octanol–water partition coefficient (Wildman–Crippen LogP) is 2.96. The van der Waals surface area contributed by atoms with Crippen molar-refractivity contribution < 1.29 is 9.53 Å². The summed E-state index contributed by atoms with van der Waals surface area (Å²) in [7, 11) is 0. The van der Waals surface area contributed by atoms with Crippen molar-refractivity contribution in [2.75, 3.05) is 0 Å². The van der Waals surface area contributed by atoms with E-state index in [0.717, 1.165) is 24.1 Å². The first-order valence-electron chi connectivity index (χ1n) is 5.72. The molecule has 88 valence electrons. The molecule has 3 heteroatoms. The van der Waals surface area contributed by atoms with E-state index >= 15 is 0 Å². The molecule has 1 heterocycles. The number of aromatic nitrogens is 1. The number of allylic oxidation sites excluding steroid dienone is 2. The normalized spacial score (nSPS) is 16.2. The van der Waals surface area contributed by atoms with E-state index in [9.17, 15) is 4.79 Å². The van der Waals surface area contributed by atoms with E-state index in [1.807, 2.05) is 24.3 Å². The van der Waals surface area contributed by atoms with Crippen LogP contribution in [0.25, 0.3) is 0 Å². The molecule has 0 saturated carbocycles. The summed E-state index contributed by atoms with van der Waals surface area (Å²) in [5.74, 6) is -0.291. The Morgan fingerprint density at radius 3 is 2.88 bits per heavy atom. The lowest BCUT2D eigenvalue weighted by Gasteiger charge is -2.19. The predicted molar refractivity (Wildman–Crippen MR) is 65.2 cm³/mol. The van der Waals surface area contributed by atoms with Gasteiger partial charge in [-0.2, -0.15) is 0 Å². The number of esters is 1. The molecule has 0 fully saturated rings. The molecule has 1 aliphatic rings. The lowest BCUT2D eigenvalue weighted by atomic mass is 9.99. The number of hydrogen-bond donors (Lipinski definition) is 0. The fourth-order valence-electron chi connectivity index (χ4n) is 1.82. The number of nitrogens with zero attached hydrogens (tertiary/aromatic N) is 1. The highest BCUT2D eigenvalue weighted by molar-refractivity contribution is 5.66. The minimum absolute atomic E-state index is 0.291. The van der Waals surface area contributed by atoms with E-state index in [1.54, 1.807) is 6.20 Å². The van der Waals surface area contributed by atoms with Crippen LogP contribution >= 0.6 is 0 Å². The summed E-state index contributed by atoms with van der Waals surface area (Å²) in [6.07, 6.45) is 9.54. The number of ether oxygens (including phenoxy) is 1. The SMILES string of the molecule is CC(=O)OC(C1=CCCC=C1)c1ccccn1. The monoisotopic (exact) mass is 229 g/mol. The van der Waals surface area contributed by atoms with Crippen molar-refractivity contribution in [2.24, 2.45) is 0 Å². The van der Waals surface area contributed by atoms with Crippen molar-refractivity contribution in [2.45, 2.75) is 25.9 Å². The maximum Gasteiger partial charge on any atom is 0.303 e. The molecule has 0 aromatic carbocycles. The zero-order valence-corrected chi connectivity index (χ0v) is 9.80. The number of carbonyl (C=O) groups is 1. The molecule has 17 heavy (non-hydrogen) atoms. The van der Waals surface area contributed by atoms with Crippen LogP contribution in [0.5, 0.6) is 0 Å². The molecule has 0 saturated heterocycles. The van der Waals surface area contributed by atoms with Crippen molar-refractivity contribution in [1.82, 2.24) is 4.98 Å². The van der Waals surface area contributed by atoms with E-state index in [-0.39, 0.29) is 12.1 Å². The largest absolute Gasteiger partial charge is 0.451 e. The minimum atomic E-state index is -0.384. The Morgan fingerprint density at radius 1 is 1.41 bits per heavy atom. The summed E-state index contributed by atoms with van der Waals surface area (Å²) >= 11 is 0. The van der Waals surface area contributed by atoms with Gasteiger partial charge in [0.25, 0.3) is 0 Å². The third kappa shape index (κ3) is 3.03. The first-order valence-corrected chi connectivity index (χ1v) is 5.72. The Labute approximate surface area is 101 Å². The van der Waals surface area contributed by atoms with E-state index in [1.165, 1.54) is 6.92 Å². The third-order valence-electron chi connectivity index (χ3n) is 2.57. The molecule has 0 amide bonds. The summed E-state index contributed by atoms with van der Waals surface area (Å²) in [5, 5.41) is 0. The molecule has 0 N–H and O–H groups in total. The van der Waals surface area contributed by atoms with Crippen molar-refractivity contribution in [3.05, 3.63) is 53.9 Å². The van der Waals surface area contributed by atoms with Gasteiger partial charge >= 0.3 is 5.97 Å². The van der Waals surface area contributed by atoms with Gasteiger partial charge in [0, 0.05) is 13.1 Å². The summed E-state index contributed by atoms with van der Waals surface area (Å²) in [5.41, 5.74) is 1.77. The van der Waals surface area contributed by atoms with Gasteiger partial charge in [-0.15, -0.1) is 0 Å². The van der Waals surface area contributed by atoms with Gasteiger partial charge in [0.15, 0.2) is 6.10 Å². The highest BCUT2D eigenvalue weighted by Crippen LogP contribution is 2.28. The molecule has 2 rings (SSSR count). The Bertz CT molecular complexity index is 449. The zero-order valence-electron chi connectivity index (χ0n) is 9.80. The van der Waals surface area contributed by atoms with E-state index < -0.39 is 0 Å². The van der Waals surface area contributed by atoms with E-state index in [2.05, 4.69) is 17.1 Å². The summed E-state index contributed by atoms with van der Waals surface area (Å²) in [6, 6.07) is 5.61. The van der Waals surface area contributed by atoms with Crippen LogP contribution in [0.2, 0.25) is 0 Å². The number of rotatable bonds is 3. The zero-order chi connectivity index (χ0) is 12.1. The Morgan fingerprint density at radius 2 is 2.29 bits per heavy atom. The van der Waals surface area contributed by atoms with Gasteiger partial charge in [-0.1, -0.05) is 24.3 Å². The quantitative estimate of drug-likeness (QED) is 0.748. The molecule has 1 atom stereocenters. The van der Waals surface area contributed by atoms with Gasteiger partial charge in [-0.25, -0.2) is 0 Å². The second-order valence-corrected chi connectivity index (χ2v) is 3.93. The molecule has 1 unspecified atom stereocenters. The molecule has 1 aromatic heterocycles. The first-order chi connectivity index (χ1) is 8.27. The first kappa shape index (κ1) is 11.6. The van der Waals surface area contributed by atoms with Crippen molar-refractivity contribution in [1.29, 1.82) is 0 Å². The molecule has 1 aliphatic carbocycles. The van der Waals surface area contributed by atoms with Gasteiger partial charge in [-0.3, -0.25) is 9.78 Å². The standard InChI is InChI=1S/C14H15NO2/c1-11(16)17-14(12-7-3-2-4-8-12)13-9-5-6-10-15-13/h3,5-10,14H,2,4H2,1H3. The Hall–Kier alpha value is -1.90. The summed E-state index contributed by atoms with van der Waals surface area (Å²) < 4.78 is 5.35. The average Bonchev–Trinajstić information content (AvgIpc) is 2.38. The van der Waals surface area contributed by atoms with Crippen LogP contribution in [0.15, 0.2) is 48.2 Å². The van der Waals surface area contributed by atoms with Gasteiger partial charge in [0.1, 0.15) is 0 Å². The second kappa shape index (κ2) is 5.43. The fraction of sp³-hybridized carbons (Fsp3) is 0.286. The second-order valence-electron chi connectivity index (χ2n) is 3.93. The molecular weight excluding hydrogens is 214 g/mol. The van der Waals surface area contributed by atoms with Gasteiger partial charge in [-0.05, 0) is 30.5 Å². The molecule has 0 spiro atoms. The van der Waals surface area contributed by atoms with Crippen LogP contribution in [-0.4, -0.2) is 11.0 Å². The number of pyridine rings is 1. The van der Waals surface area contributed by atoms with Crippen LogP contribution in [0.4, 0.5) is 0 Å². The number of carbonyl (C=O) groups excluding carboxylic acids is 1. The van der Waals surface area contributed by atoms with Crippen LogP contribution in [-0.2, 0) is 9.53 Å². The highest BCUT2D eigenvalue weighted by Gasteiger charge is 2.19. The molecule has 1 aromatic rings. The minimum Gasteiger partial charge on any atom is -0.451 e. The maximum atomic E-state index is 11.2. The van der Waals surface area contributed by atoms with Crippen LogP contribution in [0, 0.1) is 0 Å². The molecule has 0 bridgehead atoms. The van der Waals surface area contributed by atoms with Crippen molar-refractivity contribution in [3.63, 3.8) is 0 Å². The van der Waals surface area contributed by atoms with Gasteiger partial charge in [0.05, 0.1) is 5.69 Å². The van der Waals surface area contributed by atoms with Crippen LogP contribution < -0.4 is 0 Å². The summed E-state index contributed by atoms with van der Waals surface area (Å²) in [6.45, 7) is 1.42. The lowest BCUT2D eigenvalue weighted by molar-refractivity contribution is -0.145. The Balaban J connectivity index is 2.28. The van der Waals surface area contributed by atoms with E-state index in [0.29, 0.717) is 0 Å². The van der Waals surface area contributed by atoms with Gasteiger partial charge in [0.2, 0.25) is 0 Å². The van der Waals surface area contributed by atoms with Crippen molar-refractivity contribution >= 4 is 5.97 Å². The molecule has 0 radical (unpaired) electrons. The topological polar surface area (TPSA) is 39.2 Å². The van der Waals surface area contributed by atoms with Crippen molar-refractivity contribution in [3.8, 4) is 0 Å². The highest BCUT2D eigenvalue weighted by atomic mass is 16.5. The molecular formula is C14H15NO2. The maximum absolute atomic E-state index is 11.2. The lowest BCUT2D eigenvalue weighted by Crippen LogP contribution is -2.12. The Kier molecular flexibility index (Phi) is 3.70. The third-order valence-corrected chi connectivity index (χ3v) is 2.57. The van der Waals surface area contributed by atoms with Crippen LogP contribution in [0.3, 0.4) is 0 Å². The smallest absolute Gasteiger partial charge is 0.303 e. The molecule has 0 aliphatic heterocycles. The van der Waals surface area contributed by atoms with Gasteiger partial charge < -0.3 is 4.74 Å². The number of hydrogen-bond acceptors (Lipinski definition) is 3. The summed E-state index contributed by atoms with van der Waals surface area (Å²) in [4.78, 5) is 15.4. The average molecular weight is 229 g/mol. The van der Waals surface area contributed by atoms with Crippen LogP contribution in [0.1, 0.15) is 31.6 Å².